The van der Waals surface area contributed by atoms with Crippen molar-refractivity contribution in [2.24, 2.45) is 0 Å². The number of halogens is 4. The lowest BCUT2D eigenvalue weighted by atomic mass is 10.2. The van der Waals surface area contributed by atoms with Crippen LogP contribution >= 0.6 is 11.6 Å². The summed E-state index contributed by atoms with van der Waals surface area (Å²) in [5, 5.41) is 12.4. The fourth-order valence-corrected chi connectivity index (χ4v) is 1.90. The minimum absolute atomic E-state index is 0.186. The molecule has 0 aliphatic heterocycles. The predicted molar refractivity (Wildman–Crippen MR) is 68.9 cm³/mol. The fraction of sp³-hybridized carbons (Fsp3) is 0.538. The predicted octanol–water partition coefficient (Wildman–Crippen LogP) is 2.89. The lowest BCUT2D eigenvalue weighted by Crippen LogP contribution is -2.34. The van der Waals surface area contributed by atoms with Gasteiger partial charge in [-0.25, -0.2) is 0 Å². The number of rotatable bonds is 6. The first-order valence-corrected chi connectivity index (χ1v) is 6.64. The molecule has 0 radical (unpaired) electrons. The van der Waals surface area contributed by atoms with Gasteiger partial charge in [0.1, 0.15) is 12.4 Å². The Hall–Kier alpha value is -0.980. The number of aliphatic hydroxyl groups excluding tert-OH is 1. The Labute approximate surface area is 119 Å². The van der Waals surface area contributed by atoms with Gasteiger partial charge in [0.2, 0.25) is 0 Å². The van der Waals surface area contributed by atoms with E-state index in [0.717, 1.165) is 12.8 Å². The Bertz CT molecular complexity index is 463. The molecule has 1 aliphatic rings. The zero-order valence-corrected chi connectivity index (χ0v) is 11.3. The molecular formula is C13H15ClF3NO2. The molecule has 0 saturated heterocycles. The third-order valence-electron chi connectivity index (χ3n) is 2.97. The van der Waals surface area contributed by atoms with Crippen molar-refractivity contribution >= 4 is 11.6 Å². The SMILES string of the molecule is OC(COc1c(Cl)cccc1CNC1CC1)C(F)(F)F. The van der Waals surface area contributed by atoms with Gasteiger partial charge in [-0.2, -0.15) is 13.2 Å². The second-order valence-electron chi connectivity index (χ2n) is 4.75. The molecule has 1 unspecified atom stereocenters. The average molecular weight is 310 g/mol. The highest BCUT2D eigenvalue weighted by Gasteiger charge is 2.39. The van der Waals surface area contributed by atoms with Crippen LogP contribution in [0.15, 0.2) is 18.2 Å². The van der Waals surface area contributed by atoms with E-state index in [9.17, 15) is 13.2 Å². The third kappa shape index (κ3) is 4.26. The topological polar surface area (TPSA) is 41.5 Å². The summed E-state index contributed by atoms with van der Waals surface area (Å²) in [7, 11) is 0. The van der Waals surface area contributed by atoms with Crippen LogP contribution in [0, 0.1) is 0 Å². The van der Waals surface area contributed by atoms with Gasteiger partial charge in [-0.15, -0.1) is 0 Å². The van der Waals surface area contributed by atoms with Gasteiger partial charge in [0.25, 0.3) is 0 Å². The molecule has 3 nitrogen and oxygen atoms in total. The van der Waals surface area contributed by atoms with Gasteiger partial charge in [0.15, 0.2) is 6.10 Å². The van der Waals surface area contributed by atoms with Crippen molar-refractivity contribution in [3.63, 3.8) is 0 Å². The molecule has 0 aromatic heterocycles. The molecule has 0 bridgehead atoms. The summed E-state index contributed by atoms with van der Waals surface area (Å²) in [6.07, 6.45) is -5.02. The Balaban J connectivity index is 2.01. The summed E-state index contributed by atoms with van der Waals surface area (Å²) in [6, 6.07) is 5.44. The first-order valence-electron chi connectivity index (χ1n) is 6.26. The van der Waals surface area contributed by atoms with Crippen LogP contribution in [0.4, 0.5) is 13.2 Å². The van der Waals surface area contributed by atoms with Crippen molar-refractivity contribution in [2.45, 2.75) is 37.7 Å². The Morgan fingerprint density at radius 1 is 1.40 bits per heavy atom. The van der Waals surface area contributed by atoms with E-state index in [2.05, 4.69) is 5.32 Å². The monoisotopic (exact) mass is 309 g/mol. The maximum absolute atomic E-state index is 12.2. The molecule has 20 heavy (non-hydrogen) atoms. The van der Waals surface area contributed by atoms with Crippen molar-refractivity contribution in [1.29, 1.82) is 0 Å². The number of nitrogens with one attached hydrogen (secondary N) is 1. The fourth-order valence-electron chi connectivity index (χ4n) is 1.65. The Kier molecular flexibility index (Phi) is 4.78. The maximum Gasteiger partial charge on any atom is 0.417 e. The Morgan fingerprint density at radius 3 is 2.70 bits per heavy atom. The molecular weight excluding hydrogens is 295 g/mol. The summed E-state index contributed by atoms with van der Waals surface area (Å²) in [6.45, 7) is -0.396. The van der Waals surface area contributed by atoms with E-state index in [1.807, 2.05) is 0 Å². The highest BCUT2D eigenvalue weighted by atomic mass is 35.5. The summed E-state index contributed by atoms with van der Waals surface area (Å²) in [4.78, 5) is 0. The van der Waals surface area contributed by atoms with E-state index in [4.69, 9.17) is 21.4 Å². The van der Waals surface area contributed by atoms with Gasteiger partial charge < -0.3 is 15.2 Å². The number of para-hydroxylation sites is 1. The number of aliphatic hydroxyl groups is 1. The lowest BCUT2D eigenvalue weighted by molar-refractivity contribution is -0.210. The number of hydrogen-bond donors (Lipinski definition) is 2. The minimum Gasteiger partial charge on any atom is -0.489 e. The standard InChI is InChI=1S/C13H15ClF3NO2/c14-10-3-1-2-8(6-18-9-4-5-9)12(10)20-7-11(19)13(15,16)17/h1-3,9,11,18-19H,4-7H2. The number of alkyl halides is 3. The molecule has 1 saturated carbocycles. The molecule has 2 N–H and O–H groups in total. The molecule has 1 aliphatic carbocycles. The third-order valence-corrected chi connectivity index (χ3v) is 3.27. The minimum atomic E-state index is -4.70. The van der Waals surface area contributed by atoms with Gasteiger partial charge in [-0.3, -0.25) is 0 Å². The van der Waals surface area contributed by atoms with Crippen molar-refractivity contribution in [2.75, 3.05) is 6.61 Å². The van der Waals surface area contributed by atoms with Crippen LogP contribution < -0.4 is 10.1 Å². The largest absolute Gasteiger partial charge is 0.489 e. The van der Waals surface area contributed by atoms with E-state index in [-0.39, 0.29) is 10.8 Å². The zero-order valence-electron chi connectivity index (χ0n) is 10.6. The molecule has 1 fully saturated rings. The van der Waals surface area contributed by atoms with Crippen LogP contribution in [-0.2, 0) is 6.54 Å². The highest BCUT2D eigenvalue weighted by Crippen LogP contribution is 2.31. The summed E-state index contributed by atoms with van der Waals surface area (Å²) < 4.78 is 41.8. The molecule has 1 atom stereocenters. The van der Waals surface area contributed by atoms with Gasteiger partial charge in [0.05, 0.1) is 5.02 Å². The van der Waals surface area contributed by atoms with Crippen LogP contribution in [0.3, 0.4) is 0 Å². The van der Waals surface area contributed by atoms with Gasteiger partial charge in [0, 0.05) is 18.2 Å². The number of hydrogen-bond acceptors (Lipinski definition) is 3. The van der Waals surface area contributed by atoms with E-state index in [1.54, 1.807) is 12.1 Å². The molecule has 1 aromatic carbocycles. The molecule has 112 valence electrons. The summed E-state index contributed by atoms with van der Waals surface area (Å²) >= 11 is 5.94. The quantitative estimate of drug-likeness (QED) is 0.849. The van der Waals surface area contributed by atoms with Crippen molar-refractivity contribution in [3.8, 4) is 5.75 Å². The van der Waals surface area contributed by atoms with Crippen LogP contribution in [0.2, 0.25) is 5.02 Å². The first kappa shape index (κ1) is 15.4. The van der Waals surface area contributed by atoms with E-state index in [0.29, 0.717) is 18.2 Å². The molecule has 7 heteroatoms. The zero-order chi connectivity index (χ0) is 14.8. The van der Waals surface area contributed by atoms with Crippen molar-refractivity contribution in [1.82, 2.24) is 5.32 Å². The second kappa shape index (κ2) is 6.20. The molecule has 0 spiro atoms. The average Bonchev–Trinajstić information content (AvgIpc) is 3.17. The van der Waals surface area contributed by atoms with E-state index >= 15 is 0 Å². The normalized spacial score (nSPS) is 17.1. The van der Waals surface area contributed by atoms with Gasteiger partial charge >= 0.3 is 6.18 Å². The number of ether oxygens (including phenoxy) is 1. The maximum atomic E-state index is 12.2. The van der Waals surface area contributed by atoms with Crippen molar-refractivity contribution in [3.05, 3.63) is 28.8 Å². The highest BCUT2D eigenvalue weighted by molar-refractivity contribution is 6.32. The molecule has 1 aromatic rings. The van der Waals surface area contributed by atoms with Gasteiger partial charge in [-0.1, -0.05) is 23.7 Å². The van der Waals surface area contributed by atoms with Crippen LogP contribution in [0.25, 0.3) is 0 Å². The Morgan fingerprint density at radius 2 is 2.10 bits per heavy atom. The smallest absolute Gasteiger partial charge is 0.417 e. The second-order valence-corrected chi connectivity index (χ2v) is 5.16. The lowest BCUT2D eigenvalue weighted by Gasteiger charge is -2.18. The van der Waals surface area contributed by atoms with Crippen molar-refractivity contribution < 1.29 is 23.0 Å². The summed E-state index contributed by atoms with van der Waals surface area (Å²) in [5.41, 5.74) is 0.679. The van der Waals surface area contributed by atoms with Gasteiger partial charge in [-0.05, 0) is 18.9 Å². The molecule has 2 rings (SSSR count). The van der Waals surface area contributed by atoms with E-state index < -0.39 is 18.9 Å². The van der Waals surface area contributed by atoms with Crippen LogP contribution in [0.5, 0.6) is 5.75 Å². The van der Waals surface area contributed by atoms with Crippen LogP contribution in [-0.4, -0.2) is 30.0 Å². The number of benzene rings is 1. The molecule has 0 amide bonds. The first-order chi connectivity index (χ1) is 9.38. The summed E-state index contributed by atoms with van der Waals surface area (Å²) in [5.74, 6) is 0.186. The van der Waals surface area contributed by atoms with Crippen LogP contribution in [0.1, 0.15) is 18.4 Å². The van der Waals surface area contributed by atoms with E-state index in [1.165, 1.54) is 6.07 Å². The molecule has 0 heterocycles.